The summed E-state index contributed by atoms with van der Waals surface area (Å²) in [6, 6.07) is 13.5. The van der Waals surface area contributed by atoms with E-state index in [0.717, 1.165) is 24.8 Å². The molecule has 1 aromatic heterocycles. The summed E-state index contributed by atoms with van der Waals surface area (Å²) >= 11 is 0. The molecule has 1 aromatic carbocycles. The lowest BCUT2D eigenvalue weighted by molar-refractivity contribution is 0.00472. The third-order valence-electron chi connectivity index (χ3n) is 5.71. The first-order valence-electron chi connectivity index (χ1n) is 9.65. The molecule has 5 nitrogen and oxygen atoms in total. The van der Waals surface area contributed by atoms with Crippen LogP contribution in [0, 0.1) is 5.92 Å². The van der Waals surface area contributed by atoms with Crippen molar-refractivity contribution in [2.75, 3.05) is 0 Å². The second-order valence-electron chi connectivity index (χ2n) is 7.46. The highest BCUT2D eigenvalue weighted by Crippen LogP contribution is 2.38. The van der Waals surface area contributed by atoms with E-state index < -0.39 is 0 Å². The van der Waals surface area contributed by atoms with Crippen molar-refractivity contribution in [2.45, 2.75) is 50.8 Å². The molecule has 27 heavy (non-hydrogen) atoms. The van der Waals surface area contributed by atoms with Crippen molar-refractivity contribution in [3.63, 3.8) is 0 Å². The summed E-state index contributed by atoms with van der Waals surface area (Å²) in [6.07, 6.45) is 7.47. The van der Waals surface area contributed by atoms with Gasteiger partial charge in [-0.25, -0.2) is 4.79 Å². The summed E-state index contributed by atoms with van der Waals surface area (Å²) < 4.78 is 5.58. The number of piperidine rings is 2. The minimum atomic E-state index is -0.249. The van der Waals surface area contributed by atoms with Crippen LogP contribution in [-0.2, 0) is 11.3 Å². The van der Waals surface area contributed by atoms with Gasteiger partial charge in [0.2, 0.25) is 0 Å². The van der Waals surface area contributed by atoms with Gasteiger partial charge in [-0.3, -0.25) is 9.78 Å². The van der Waals surface area contributed by atoms with E-state index in [1.165, 1.54) is 0 Å². The van der Waals surface area contributed by atoms with Crippen LogP contribution < -0.4 is 0 Å². The number of ether oxygens (including phenoxy) is 1. The predicted molar refractivity (Wildman–Crippen MR) is 101 cm³/mol. The molecule has 2 aromatic rings. The van der Waals surface area contributed by atoms with E-state index in [4.69, 9.17) is 4.74 Å². The van der Waals surface area contributed by atoms with Crippen LogP contribution in [-0.4, -0.2) is 33.8 Å². The lowest BCUT2D eigenvalue weighted by Gasteiger charge is -2.47. The fourth-order valence-electron chi connectivity index (χ4n) is 4.43. The van der Waals surface area contributed by atoms with Gasteiger partial charge < -0.3 is 9.64 Å². The highest BCUT2D eigenvalue weighted by atomic mass is 16.6. The van der Waals surface area contributed by atoms with Crippen molar-refractivity contribution in [1.29, 1.82) is 0 Å². The Balaban J connectivity index is 1.42. The van der Waals surface area contributed by atoms with Gasteiger partial charge in [-0.15, -0.1) is 0 Å². The normalized spacial score (nSPS) is 24.3. The number of ketones is 1. The Labute approximate surface area is 159 Å². The van der Waals surface area contributed by atoms with Crippen LogP contribution in [0.1, 0.15) is 48.0 Å². The van der Waals surface area contributed by atoms with Gasteiger partial charge in [-0.1, -0.05) is 30.3 Å². The van der Waals surface area contributed by atoms with Crippen LogP contribution >= 0.6 is 0 Å². The molecule has 4 rings (SSSR count). The number of fused-ring (bicyclic) bond motifs is 2. The Morgan fingerprint density at radius 1 is 1.04 bits per heavy atom. The molecule has 2 atom stereocenters. The Morgan fingerprint density at radius 3 is 2.44 bits per heavy atom. The minimum Gasteiger partial charge on any atom is -0.445 e. The summed E-state index contributed by atoms with van der Waals surface area (Å²) in [5, 5.41) is 0. The number of nitrogens with zero attached hydrogens (tertiary/aromatic N) is 2. The zero-order valence-corrected chi connectivity index (χ0v) is 15.3. The molecule has 140 valence electrons. The number of aromatic nitrogens is 1. The van der Waals surface area contributed by atoms with Crippen LogP contribution in [0.15, 0.2) is 54.9 Å². The third-order valence-corrected chi connectivity index (χ3v) is 5.71. The van der Waals surface area contributed by atoms with Gasteiger partial charge in [-0.2, -0.15) is 0 Å². The molecular formula is C22H24N2O3. The first-order valence-corrected chi connectivity index (χ1v) is 9.65. The van der Waals surface area contributed by atoms with Crippen LogP contribution in [0.25, 0.3) is 0 Å². The average Bonchev–Trinajstić information content (AvgIpc) is 2.72. The molecule has 5 heteroatoms. The third kappa shape index (κ3) is 3.87. The lowest BCUT2D eigenvalue weighted by Crippen LogP contribution is -2.55. The second-order valence-corrected chi connectivity index (χ2v) is 7.46. The quantitative estimate of drug-likeness (QED) is 0.762. The molecule has 0 saturated carbocycles. The van der Waals surface area contributed by atoms with Crippen molar-refractivity contribution >= 4 is 11.9 Å². The number of amides is 1. The van der Waals surface area contributed by atoms with Crippen molar-refractivity contribution in [2.24, 2.45) is 5.92 Å². The topological polar surface area (TPSA) is 59.5 Å². The molecule has 3 heterocycles. The maximum atomic E-state index is 12.8. The smallest absolute Gasteiger partial charge is 0.410 e. The Bertz CT molecular complexity index is 780. The summed E-state index contributed by atoms with van der Waals surface area (Å²) in [5.74, 6) is 0.111. The summed E-state index contributed by atoms with van der Waals surface area (Å²) in [7, 11) is 0. The van der Waals surface area contributed by atoms with Gasteiger partial charge in [0.15, 0.2) is 5.78 Å². The molecule has 2 unspecified atom stereocenters. The van der Waals surface area contributed by atoms with E-state index in [9.17, 15) is 9.59 Å². The largest absolute Gasteiger partial charge is 0.445 e. The highest BCUT2D eigenvalue weighted by molar-refractivity contribution is 5.97. The van der Waals surface area contributed by atoms with Gasteiger partial charge >= 0.3 is 6.09 Å². The van der Waals surface area contributed by atoms with Crippen molar-refractivity contribution < 1.29 is 14.3 Å². The number of rotatable bonds is 4. The van der Waals surface area contributed by atoms with Gasteiger partial charge in [0.25, 0.3) is 0 Å². The Morgan fingerprint density at radius 2 is 1.78 bits per heavy atom. The Hall–Kier alpha value is -2.69. The van der Waals surface area contributed by atoms with E-state index in [1.54, 1.807) is 18.5 Å². The van der Waals surface area contributed by atoms with Crippen molar-refractivity contribution in [3.8, 4) is 0 Å². The van der Waals surface area contributed by atoms with Gasteiger partial charge in [0.05, 0.1) is 0 Å². The fourth-order valence-corrected chi connectivity index (χ4v) is 4.43. The van der Waals surface area contributed by atoms with Crippen LogP contribution in [0.5, 0.6) is 0 Å². The van der Waals surface area contributed by atoms with Crippen LogP contribution in [0.2, 0.25) is 0 Å². The zero-order chi connectivity index (χ0) is 18.6. The van der Waals surface area contributed by atoms with E-state index >= 15 is 0 Å². The average molecular weight is 364 g/mol. The number of hydrogen-bond donors (Lipinski definition) is 0. The lowest BCUT2D eigenvalue weighted by atomic mass is 9.76. The molecule has 2 saturated heterocycles. The van der Waals surface area contributed by atoms with Gasteiger partial charge in [0, 0.05) is 36.0 Å². The molecule has 1 amide bonds. The maximum absolute atomic E-state index is 12.8. The number of Topliss-reactive ketones (excluding diaryl/α,β-unsaturated/α-hetero) is 1. The molecule has 0 N–H and O–H groups in total. The molecular weight excluding hydrogens is 340 g/mol. The van der Waals surface area contributed by atoms with Gasteiger partial charge in [0.1, 0.15) is 6.61 Å². The molecule has 2 bridgehead atoms. The maximum Gasteiger partial charge on any atom is 0.410 e. The molecule has 0 radical (unpaired) electrons. The molecule has 2 aliphatic rings. The summed E-state index contributed by atoms with van der Waals surface area (Å²) in [4.78, 5) is 31.5. The summed E-state index contributed by atoms with van der Waals surface area (Å²) in [6.45, 7) is 0.285. The van der Waals surface area contributed by atoms with Crippen molar-refractivity contribution in [1.82, 2.24) is 9.88 Å². The number of benzene rings is 1. The van der Waals surface area contributed by atoms with E-state index in [-0.39, 0.29) is 36.5 Å². The van der Waals surface area contributed by atoms with E-state index in [0.29, 0.717) is 18.4 Å². The molecule has 0 aliphatic carbocycles. The van der Waals surface area contributed by atoms with Gasteiger partial charge in [-0.05, 0) is 49.8 Å². The van der Waals surface area contributed by atoms with E-state index in [1.807, 2.05) is 41.3 Å². The number of carbonyl (C=O) groups is 2. The van der Waals surface area contributed by atoms with Crippen molar-refractivity contribution in [3.05, 3.63) is 66.0 Å². The SMILES string of the molecule is O=C(c1cccnc1)C1CC2CCCC(C1)N2C(=O)OCc1ccccc1. The molecule has 2 aliphatic heterocycles. The second kappa shape index (κ2) is 7.91. The van der Waals surface area contributed by atoms with E-state index in [2.05, 4.69) is 4.98 Å². The summed E-state index contributed by atoms with van der Waals surface area (Å²) in [5.41, 5.74) is 1.65. The monoisotopic (exact) mass is 364 g/mol. The highest BCUT2D eigenvalue weighted by Gasteiger charge is 2.43. The minimum absolute atomic E-state index is 0.0392. The van der Waals surface area contributed by atoms with Crippen LogP contribution in [0.3, 0.4) is 0 Å². The predicted octanol–water partition coefficient (Wildman–Crippen LogP) is 4.23. The number of pyridine rings is 1. The first-order chi connectivity index (χ1) is 13.2. The molecule has 0 spiro atoms. The standard InChI is InChI=1S/C22H24N2O3/c25-21(17-8-5-11-23-14-17)18-12-19-9-4-10-20(13-18)24(19)22(26)27-15-16-6-2-1-3-7-16/h1-3,5-8,11,14,18-20H,4,9-10,12-13,15H2. The fraction of sp³-hybridized carbons (Fsp3) is 0.409. The van der Waals surface area contributed by atoms with Crippen LogP contribution in [0.4, 0.5) is 4.79 Å². The zero-order valence-electron chi connectivity index (χ0n) is 15.3. The molecule has 2 fully saturated rings. The number of hydrogen-bond acceptors (Lipinski definition) is 4. The Kier molecular flexibility index (Phi) is 5.19. The first kappa shape index (κ1) is 17.7. The number of carbonyl (C=O) groups excluding carboxylic acids is 2.